The Morgan fingerprint density at radius 2 is 2.00 bits per heavy atom. The van der Waals surface area contributed by atoms with Crippen molar-refractivity contribution in [2.75, 3.05) is 19.7 Å². The third kappa shape index (κ3) is 3.87. The minimum atomic E-state index is -0.919. The topological polar surface area (TPSA) is 87.1 Å². The Kier molecular flexibility index (Phi) is 4.56. The number of piperidine rings is 1. The van der Waals surface area contributed by atoms with Gasteiger partial charge < -0.3 is 19.8 Å². The van der Waals surface area contributed by atoms with Crippen molar-refractivity contribution in [1.82, 2.24) is 4.90 Å². The number of ether oxygens (including phenoxy) is 1. The first kappa shape index (κ1) is 14.8. The van der Waals surface area contributed by atoms with Crippen molar-refractivity contribution in [2.24, 2.45) is 11.8 Å². The molecule has 0 spiro atoms. The summed E-state index contributed by atoms with van der Waals surface area (Å²) in [7, 11) is 0. The van der Waals surface area contributed by atoms with Crippen molar-refractivity contribution in [3.63, 3.8) is 0 Å². The van der Waals surface area contributed by atoms with Gasteiger partial charge in [-0.1, -0.05) is 0 Å². The highest BCUT2D eigenvalue weighted by atomic mass is 16.6. The van der Waals surface area contributed by atoms with Gasteiger partial charge in [-0.3, -0.25) is 4.79 Å². The lowest BCUT2D eigenvalue weighted by molar-refractivity contribution is -0.146. The maximum absolute atomic E-state index is 11.8. The van der Waals surface area contributed by atoms with Gasteiger partial charge in [-0.25, -0.2) is 4.79 Å². The molecule has 1 fully saturated rings. The largest absolute Gasteiger partial charge is 0.481 e. The molecule has 1 saturated heterocycles. The second-order valence-corrected chi connectivity index (χ2v) is 5.60. The number of carboxylic acids is 1. The van der Waals surface area contributed by atoms with Crippen LogP contribution in [0, 0.1) is 11.8 Å². The first-order valence-corrected chi connectivity index (χ1v) is 6.06. The third-order valence-electron chi connectivity index (χ3n) is 2.94. The first-order valence-electron chi connectivity index (χ1n) is 6.06. The number of carbonyl (C=O) groups excluding carboxylic acids is 1. The molecule has 0 saturated carbocycles. The zero-order chi connectivity index (χ0) is 13.9. The van der Waals surface area contributed by atoms with Crippen molar-refractivity contribution in [3.8, 4) is 0 Å². The molecule has 6 nitrogen and oxygen atoms in total. The van der Waals surface area contributed by atoms with E-state index in [0.717, 1.165) is 0 Å². The van der Waals surface area contributed by atoms with Crippen LogP contribution in [0.5, 0.6) is 0 Å². The van der Waals surface area contributed by atoms with E-state index in [-0.39, 0.29) is 13.2 Å². The Morgan fingerprint density at radius 3 is 2.44 bits per heavy atom. The summed E-state index contributed by atoms with van der Waals surface area (Å²) in [4.78, 5) is 24.3. The fraction of sp³-hybridized carbons (Fsp3) is 0.833. The third-order valence-corrected chi connectivity index (χ3v) is 2.94. The SMILES string of the molecule is CC(C)(C)OC(=O)N1CC[C@@H](C(=O)O)[C@@H](CO)C1. The van der Waals surface area contributed by atoms with Gasteiger partial charge in [-0.2, -0.15) is 0 Å². The summed E-state index contributed by atoms with van der Waals surface area (Å²) < 4.78 is 5.22. The van der Waals surface area contributed by atoms with Crippen LogP contribution in [0.2, 0.25) is 0 Å². The smallest absolute Gasteiger partial charge is 0.410 e. The minimum absolute atomic E-state index is 0.225. The van der Waals surface area contributed by atoms with Crippen LogP contribution in [0.1, 0.15) is 27.2 Å². The Hall–Kier alpha value is -1.30. The number of aliphatic hydroxyl groups is 1. The monoisotopic (exact) mass is 259 g/mol. The molecule has 1 amide bonds. The number of nitrogens with zero attached hydrogens (tertiary/aromatic N) is 1. The quantitative estimate of drug-likeness (QED) is 0.770. The van der Waals surface area contributed by atoms with Crippen LogP contribution in [-0.2, 0) is 9.53 Å². The molecule has 1 aliphatic heterocycles. The van der Waals surface area contributed by atoms with Gasteiger partial charge in [-0.15, -0.1) is 0 Å². The number of amides is 1. The molecule has 6 heteroatoms. The molecule has 2 N–H and O–H groups in total. The van der Waals surface area contributed by atoms with Gasteiger partial charge in [-0.05, 0) is 27.2 Å². The van der Waals surface area contributed by atoms with E-state index < -0.39 is 29.5 Å². The summed E-state index contributed by atoms with van der Waals surface area (Å²) in [5, 5.41) is 18.2. The maximum atomic E-state index is 11.8. The highest BCUT2D eigenvalue weighted by molar-refractivity contribution is 5.72. The number of carbonyl (C=O) groups is 2. The first-order chi connectivity index (χ1) is 8.24. The molecule has 0 aliphatic carbocycles. The number of hydrogen-bond donors (Lipinski definition) is 2. The zero-order valence-electron chi connectivity index (χ0n) is 11.0. The highest BCUT2D eigenvalue weighted by Gasteiger charge is 2.36. The van der Waals surface area contributed by atoms with Crippen molar-refractivity contribution in [3.05, 3.63) is 0 Å². The van der Waals surface area contributed by atoms with Crippen LogP contribution < -0.4 is 0 Å². The van der Waals surface area contributed by atoms with Crippen LogP contribution in [0.25, 0.3) is 0 Å². The number of likely N-dealkylation sites (tertiary alicyclic amines) is 1. The summed E-state index contributed by atoms with van der Waals surface area (Å²) in [6, 6.07) is 0. The second-order valence-electron chi connectivity index (χ2n) is 5.60. The molecule has 18 heavy (non-hydrogen) atoms. The zero-order valence-corrected chi connectivity index (χ0v) is 11.0. The molecular weight excluding hydrogens is 238 g/mol. The van der Waals surface area contributed by atoms with Crippen LogP contribution >= 0.6 is 0 Å². The van der Waals surface area contributed by atoms with Crippen LogP contribution in [0.4, 0.5) is 4.79 Å². The van der Waals surface area contributed by atoms with Gasteiger partial charge >= 0.3 is 12.1 Å². The fourth-order valence-electron chi connectivity index (χ4n) is 2.03. The van der Waals surface area contributed by atoms with Crippen molar-refractivity contribution < 1.29 is 24.5 Å². The van der Waals surface area contributed by atoms with E-state index in [1.165, 1.54) is 4.90 Å². The minimum Gasteiger partial charge on any atom is -0.481 e. The van der Waals surface area contributed by atoms with E-state index >= 15 is 0 Å². The summed E-state index contributed by atoms with van der Waals surface area (Å²) >= 11 is 0. The maximum Gasteiger partial charge on any atom is 0.410 e. The van der Waals surface area contributed by atoms with Crippen LogP contribution in [0.15, 0.2) is 0 Å². The Balaban J connectivity index is 2.62. The number of aliphatic hydroxyl groups excluding tert-OH is 1. The Bertz CT molecular complexity index is 323. The molecule has 0 aromatic rings. The lowest BCUT2D eigenvalue weighted by Crippen LogP contribution is -2.48. The summed E-state index contributed by atoms with van der Waals surface area (Å²) in [5.74, 6) is -1.93. The average molecular weight is 259 g/mol. The number of carboxylic acid groups (broad SMARTS) is 1. The van der Waals surface area contributed by atoms with Crippen LogP contribution in [0.3, 0.4) is 0 Å². The Labute approximate surface area is 107 Å². The average Bonchev–Trinajstić information content (AvgIpc) is 2.25. The van der Waals surface area contributed by atoms with Crippen molar-refractivity contribution in [2.45, 2.75) is 32.8 Å². The molecular formula is C12H21NO5. The molecule has 0 bridgehead atoms. The van der Waals surface area contributed by atoms with Gasteiger partial charge in [0.05, 0.1) is 5.92 Å². The highest BCUT2D eigenvalue weighted by Crippen LogP contribution is 2.25. The normalized spacial score (nSPS) is 24.8. The van der Waals surface area contributed by atoms with Gasteiger partial charge in [0.15, 0.2) is 0 Å². The van der Waals surface area contributed by atoms with E-state index in [2.05, 4.69) is 0 Å². The van der Waals surface area contributed by atoms with E-state index in [1.807, 2.05) is 0 Å². The molecule has 104 valence electrons. The van der Waals surface area contributed by atoms with E-state index in [4.69, 9.17) is 9.84 Å². The molecule has 0 unspecified atom stereocenters. The van der Waals surface area contributed by atoms with E-state index in [1.54, 1.807) is 20.8 Å². The molecule has 2 atom stereocenters. The fourth-order valence-corrected chi connectivity index (χ4v) is 2.03. The van der Waals surface area contributed by atoms with Gasteiger partial charge in [0.2, 0.25) is 0 Å². The second kappa shape index (κ2) is 5.56. The predicted molar refractivity (Wildman–Crippen MR) is 64.1 cm³/mol. The standard InChI is InChI=1S/C12H21NO5/c1-12(2,3)18-11(17)13-5-4-9(10(15)16)8(6-13)7-14/h8-9,14H,4-7H2,1-3H3,(H,15,16)/t8-,9-/m1/s1. The molecule has 1 aliphatic rings. The number of hydrogen-bond acceptors (Lipinski definition) is 4. The Morgan fingerprint density at radius 1 is 1.39 bits per heavy atom. The summed E-state index contributed by atoms with van der Waals surface area (Å²) in [6.45, 7) is 5.66. The summed E-state index contributed by atoms with van der Waals surface area (Å²) in [5.41, 5.74) is -0.574. The molecule has 0 radical (unpaired) electrons. The predicted octanol–water partition coefficient (Wildman–Crippen LogP) is 0.936. The van der Waals surface area contributed by atoms with Gasteiger partial charge in [0.1, 0.15) is 5.60 Å². The number of aliphatic carboxylic acids is 1. The van der Waals surface area contributed by atoms with Crippen LogP contribution in [-0.4, -0.2) is 52.5 Å². The van der Waals surface area contributed by atoms with E-state index in [9.17, 15) is 14.7 Å². The summed E-state index contributed by atoms with van der Waals surface area (Å²) in [6.07, 6.45) is -0.107. The van der Waals surface area contributed by atoms with E-state index in [0.29, 0.717) is 13.0 Å². The van der Waals surface area contributed by atoms with Gasteiger partial charge in [0.25, 0.3) is 0 Å². The molecule has 1 rings (SSSR count). The molecule has 0 aromatic heterocycles. The molecule has 0 aromatic carbocycles. The van der Waals surface area contributed by atoms with Crippen molar-refractivity contribution >= 4 is 12.1 Å². The molecule has 1 heterocycles. The van der Waals surface area contributed by atoms with Crippen molar-refractivity contribution in [1.29, 1.82) is 0 Å². The number of rotatable bonds is 2. The lowest BCUT2D eigenvalue weighted by atomic mass is 9.86. The lowest BCUT2D eigenvalue weighted by Gasteiger charge is -2.36. The van der Waals surface area contributed by atoms with Gasteiger partial charge in [0, 0.05) is 25.6 Å².